The van der Waals surface area contributed by atoms with Gasteiger partial charge in [0, 0.05) is 38.2 Å². The minimum Gasteiger partial charge on any atom is -0.338 e. The summed E-state index contributed by atoms with van der Waals surface area (Å²) in [5.74, 6) is -0.648. The van der Waals surface area contributed by atoms with Crippen molar-refractivity contribution in [2.45, 2.75) is 44.4 Å². The zero-order valence-corrected chi connectivity index (χ0v) is 22.6. The van der Waals surface area contributed by atoms with E-state index in [1.165, 1.54) is 23.1 Å². The Morgan fingerprint density at radius 1 is 1.14 bits per heavy atom. The van der Waals surface area contributed by atoms with Crippen LogP contribution in [-0.2, 0) is 27.0 Å². The number of hydrogen-bond donors (Lipinski definition) is 1. The first-order valence-electron chi connectivity index (χ1n) is 11.5. The van der Waals surface area contributed by atoms with Gasteiger partial charge in [0.25, 0.3) is 5.91 Å². The van der Waals surface area contributed by atoms with Crippen molar-refractivity contribution in [1.82, 2.24) is 14.5 Å². The van der Waals surface area contributed by atoms with E-state index in [2.05, 4.69) is 9.62 Å². The molecule has 1 N–H and O–H groups in total. The lowest BCUT2D eigenvalue weighted by Gasteiger charge is -2.35. The summed E-state index contributed by atoms with van der Waals surface area (Å²) < 4.78 is 42.3. The maximum Gasteiger partial charge on any atom is 0.265 e. The van der Waals surface area contributed by atoms with Gasteiger partial charge in [-0.05, 0) is 50.6 Å². The van der Waals surface area contributed by atoms with Gasteiger partial charge in [0.05, 0.1) is 16.3 Å². The van der Waals surface area contributed by atoms with Gasteiger partial charge in [0.2, 0.25) is 15.7 Å². The van der Waals surface area contributed by atoms with Crippen LogP contribution in [0.5, 0.6) is 0 Å². The number of hydrogen-bond acceptors (Lipinski definition) is 4. The van der Waals surface area contributed by atoms with Gasteiger partial charge in [0.15, 0.2) is 0 Å². The van der Waals surface area contributed by atoms with Crippen LogP contribution in [0.15, 0.2) is 42.5 Å². The maximum absolute atomic E-state index is 16.7. The van der Waals surface area contributed by atoms with Gasteiger partial charge in [-0.2, -0.15) is 0 Å². The van der Waals surface area contributed by atoms with Crippen molar-refractivity contribution in [3.05, 3.63) is 69.2 Å². The first-order valence-corrected chi connectivity index (χ1v) is 14.2. The van der Waals surface area contributed by atoms with Crippen LogP contribution in [0, 0.1) is 6.92 Å². The van der Waals surface area contributed by atoms with Crippen LogP contribution in [-0.4, -0.2) is 63.1 Å². The van der Waals surface area contributed by atoms with Gasteiger partial charge in [-0.1, -0.05) is 59.1 Å². The molecule has 0 bridgehead atoms. The number of amides is 1. The number of likely N-dealkylation sites (N-methyl/N-ethyl adjacent to an activating group) is 1. The number of likely N-dealkylation sites (tertiary alicyclic amines) is 1. The molecular weight excluding hydrogens is 512 g/mol. The number of benzene rings is 2. The van der Waals surface area contributed by atoms with E-state index in [1.54, 1.807) is 7.05 Å². The smallest absolute Gasteiger partial charge is 0.265 e. The molecule has 2 aromatic carbocycles. The van der Waals surface area contributed by atoms with Gasteiger partial charge in [0.1, 0.15) is 0 Å². The molecule has 10 heteroatoms. The van der Waals surface area contributed by atoms with E-state index < -0.39 is 21.6 Å². The fourth-order valence-electron chi connectivity index (χ4n) is 4.35. The van der Waals surface area contributed by atoms with Gasteiger partial charge in [-0.25, -0.2) is 17.5 Å². The summed E-state index contributed by atoms with van der Waals surface area (Å²) in [7, 11) is -1.68. The molecule has 1 unspecified atom stereocenters. The second-order valence-electron chi connectivity index (χ2n) is 9.33. The van der Waals surface area contributed by atoms with Crippen molar-refractivity contribution in [3.63, 3.8) is 0 Å². The molecule has 1 aliphatic rings. The van der Waals surface area contributed by atoms with Gasteiger partial charge in [-0.3, -0.25) is 4.79 Å². The maximum atomic E-state index is 16.7. The standard InChI is InChI=1S/C25H32Cl2FN3O3S/c1-18-4-6-19(7-5-18)17-30(2)24(32)25(28,20-8-9-22(26)23(27)16-20)12-15-31-13-10-21(11-14-31)29-35(3,33)34/h4-9,16,21,29H,10-15,17H2,1-3H3. The highest BCUT2D eigenvalue weighted by Crippen LogP contribution is 2.36. The van der Waals surface area contributed by atoms with Crippen LogP contribution < -0.4 is 4.72 Å². The van der Waals surface area contributed by atoms with E-state index >= 15 is 4.39 Å². The summed E-state index contributed by atoms with van der Waals surface area (Å²) >= 11 is 12.2. The van der Waals surface area contributed by atoms with Crippen molar-refractivity contribution in [3.8, 4) is 0 Å². The predicted octanol–water partition coefficient (Wildman–Crippen LogP) is 4.53. The van der Waals surface area contributed by atoms with Crippen LogP contribution in [0.25, 0.3) is 0 Å². The highest BCUT2D eigenvalue weighted by molar-refractivity contribution is 7.88. The van der Waals surface area contributed by atoms with Crippen LogP contribution >= 0.6 is 23.2 Å². The highest BCUT2D eigenvalue weighted by atomic mass is 35.5. The van der Waals surface area contributed by atoms with Crippen molar-refractivity contribution in [2.75, 3.05) is 32.9 Å². The summed E-state index contributed by atoms with van der Waals surface area (Å²) in [4.78, 5) is 16.9. The number of nitrogens with one attached hydrogen (secondary N) is 1. The summed E-state index contributed by atoms with van der Waals surface area (Å²) in [5, 5.41) is 0.478. The van der Waals surface area contributed by atoms with Crippen molar-refractivity contribution < 1.29 is 17.6 Å². The Morgan fingerprint density at radius 3 is 2.34 bits per heavy atom. The largest absolute Gasteiger partial charge is 0.338 e. The first-order chi connectivity index (χ1) is 16.4. The van der Waals surface area contributed by atoms with Crippen molar-refractivity contribution in [2.24, 2.45) is 0 Å². The normalized spacial score (nSPS) is 17.2. The number of carbonyl (C=O) groups is 1. The molecule has 0 saturated carbocycles. The molecule has 0 radical (unpaired) electrons. The van der Waals surface area contributed by atoms with E-state index in [9.17, 15) is 13.2 Å². The fourth-order valence-corrected chi connectivity index (χ4v) is 5.49. The molecule has 1 amide bonds. The van der Waals surface area contributed by atoms with Crippen LogP contribution in [0.1, 0.15) is 36.0 Å². The molecule has 0 aromatic heterocycles. The zero-order chi connectivity index (χ0) is 25.8. The molecule has 1 fully saturated rings. The van der Waals surface area contributed by atoms with Gasteiger partial charge in [-0.15, -0.1) is 0 Å². The Bertz CT molecular complexity index is 1140. The molecular formula is C25H32Cl2FN3O3S. The van der Waals surface area contributed by atoms with E-state index in [4.69, 9.17) is 23.2 Å². The molecule has 35 heavy (non-hydrogen) atoms. The number of carbonyl (C=O) groups excluding carboxylic acids is 1. The first kappa shape index (κ1) is 27.9. The fraction of sp³-hybridized carbons (Fsp3) is 0.480. The molecule has 0 spiro atoms. The third-order valence-corrected chi connectivity index (χ3v) is 7.84. The Kier molecular flexibility index (Phi) is 9.21. The summed E-state index contributed by atoms with van der Waals surface area (Å²) in [6, 6.07) is 12.1. The van der Waals surface area contributed by atoms with Crippen molar-refractivity contribution >= 4 is 39.1 Å². The van der Waals surface area contributed by atoms with Crippen LogP contribution in [0.2, 0.25) is 10.0 Å². The van der Waals surface area contributed by atoms with E-state index in [-0.39, 0.29) is 29.6 Å². The van der Waals surface area contributed by atoms with E-state index in [0.29, 0.717) is 37.5 Å². The second kappa shape index (κ2) is 11.6. The quantitative estimate of drug-likeness (QED) is 0.504. The van der Waals surface area contributed by atoms with Crippen LogP contribution in [0.3, 0.4) is 0 Å². The number of aryl methyl sites for hydroxylation is 1. The second-order valence-corrected chi connectivity index (χ2v) is 11.9. The molecule has 1 saturated heterocycles. The molecule has 1 atom stereocenters. The van der Waals surface area contributed by atoms with Gasteiger partial charge < -0.3 is 9.80 Å². The van der Waals surface area contributed by atoms with Crippen LogP contribution in [0.4, 0.5) is 4.39 Å². The minimum absolute atomic E-state index is 0.0633. The highest BCUT2D eigenvalue weighted by Gasteiger charge is 2.43. The Balaban J connectivity index is 1.75. The van der Waals surface area contributed by atoms with E-state index in [0.717, 1.165) is 17.4 Å². The summed E-state index contributed by atoms with van der Waals surface area (Å²) in [5.41, 5.74) is -0.117. The molecule has 192 valence electrons. The Morgan fingerprint density at radius 2 is 1.77 bits per heavy atom. The Labute approximate surface area is 217 Å². The molecule has 1 aliphatic heterocycles. The van der Waals surface area contributed by atoms with Crippen molar-refractivity contribution in [1.29, 1.82) is 0 Å². The minimum atomic E-state index is -3.27. The number of piperidine rings is 1. The molecule has 3 rings (SSSR count). The summed E-state index contributed by atoms with van der Waals surface area (Å²) in [6.07, 6.45) is 2.33. The molecule has 2 aromatic rings. The third kappa shape index (κ3) is 7.64. The Hall–Kier alpha value is -1.71. The molecule has 0 aliphatic carbocycles. The molecule has 1 heterocycles. The molecule has 6 nitrogen and oxygen atoms in total. The average molecular weight is 545 g/mol. The number of nitrogens with zero attached hydrogens (tertiary/aromatic N) is 2. The third-order valence-electron chi connectivity index (χ3n) is 6.34. The SMILES string of the molecule is Cc1ccc(CN(C)C(=O)C(F)(CCN2CCC(NS(C)(=O)=O)CC2)c2ccc(Cl)c(Cl)c2)cc1. The lowest BCUT2D eigenvalue weighted by Crippen LogP contribution is -2.47. The summed E-state index contributed by atoms with van der Waals surface area (Å²) in [6.45, 7) is 3.81. The van der Waals surface area contributed by atoms with Gasteiger partial charge >= 0.3 is 0 Å². The van der Waals surface area contributed by atoms with E-state index in [1.807, 2.05) is 31.2 Å². The predicted molar refractivity (Wildman–Crippen MR) is 139 cm³/mol. The number of rotatable bonds is 9. The lowest BCUT2D eigenvalue weighted by molar-refractivity contribution is -0.145. The monoisotopic (exact) mass is 543 g/mol. The topological polar surface area (TPSA) is 69.7 Å². The number of alkyl halides is 1. The number of halogens is 3. The number of sulfonamides is 1. The lowest BCUT2D eigenvalue weighted by atomic mass is 9.90. The zero-order valence-electron chi connectivity index (χ0n) is 20.2. The average Bonchev–Trinajstić information content (AvgIpc) is 2.80.